The predicted octanol–water partition coefficient (Wildman–Crippen LogP) is 0.415. The van der Waals surface area contributed by atoms with Crippen LogP contribution in [-0.4, -0.2) is 65.6 Å². The van der Waals surface area contributed by atoms with Crippen LogP contribution in [0.1, 0.15) is 19.3 Å². The molecule has 0 N–H and O–H groups in total. The van der Waals surface area contributed by atoms with Crippen LogP contribution < -0.4 is 0 Å². The summed E-state index contributed by atoms with van der Waals surface area (Å²) in [5.74, 6) is 0. The third kappa shape index (κ3) is 2.58. The van der Waals surface area contributed by atoms with Crippen molar-refractivity contribution in [1.29, 1.82) is 0 Å². The molecule has 22 heavy (non-hydrogen) atoms. The minimum absolute atomic E-state index is 0.0616. The van der Waals surface area contributed by atoms with Gasteiger partial charge in [-0.05, 0) is 12.8 Å². The van der Waals surface area contributed by atoms with Crippen molar-refractivity contribution in [2.75, 3.05) is 26.7 Å². The second-order valence-corrected chi connectivity index (χ2v) is 7.93. The summed E-state index contributed by atoms with van der Waals surface area (Å²) in [5, 5.41) is 0.0616. The molecule has 0 saturated carbocycles. The maximum Gasteiger partial charge on any atom is 0.410 e. The number of aromatic nitrogens is 2. The molecule has 1 atom stereocenters. The first-order valence-corrected chi connectivity index (χ1v) is 8.69. The number of sulfonamides is 1. The number of ether oxygens (including phenoxy) is 1. The highest BCUT2D eigenvalue weighted by molar-refractivity contribution is 7.89. The molecule has 8 nitrogen and oxygen atoms in total. The Morgan fingerprint density at radius 2 is 2.05 bits per heavy atom. The summed E-state index contributed by atoms with van der Waals surface area (Å²) in [7, 11) is -0.158. The molecule has 1 aromatic rings. The Labute approximate surface area is 129 Å². The third-order valence-corrected chi connectivity index (χ3v) is 6.07. The molecule has 3 heterocycles. The molecule has 0 radical (unpaired) electrons. The standard InChI is InChI=1S/C13H20N4O4S/c1-15-8-11(14-10-15)22(19,20)17-6-3-4-13(5-7-17)9-16(2)12(18)21-13/h8,10H,3-7,9H2,1-2H3. The van der Waals surface area contributed by atoms with E-state index < -0.39 is 15.6 Å². The fourth-order valence-corrected chi connectivity index (χ4v) is 4.54. The summed E-state index contributed by atoms with van der Waals surface area (Å²) in [6.45, 7) is 1.27. The second kappa shape index (κ2) is 5.24. The molecule has 1 spiro atoms. The molecule has 0 aliphatic carbocycles. The van der Waals surface area contributed by atoms with Gasteiger partial charge in [0.15, 0.2) is 5.03 Å². The van der Waals surface area contributed by atoms with Gasteiger partial charge < -0.3 is 14.2 Å². The average Bonchev–Trinajstić information content (AvgIpc) is 2.91. The Balaban J connectivity index is 1.77. The molecule has 2 aliphatic heterocycles. The van der Waals surface area contributed by atoms with Crippen LogP contribution in [-0.2, 0) is 21.8 Å². The van der Waals surface area contributed by atoms with E-state index in [4.69, 9.17) is 4.74 Å². The van der Waals surface area contributed by atoms with E-state index in [1.807, 2.05) is 0 Å². The zero-order chi connectivity index (χ0) is 16.0. The van der Waals surface area contributed by atoms with Crippen molar-refractivity contribution in [3.63, 3.8) is 0 Å². The quantitative estimate of drug-likeness (QED) is 0.785. The van der Waals surface area contributed by atoms with Crippen LogP contribution in [0.4, 0.5) is 4.79 Å². The number of rotatable bonds is 2. The molecule has 122 valence electrons. The number of carbonyl (C=O) groups is 1. The van der Waals surface area contributed by atoms with E-state index in [2.05, 4.69) is 4.98 Å². The van der Waals surface area contributed by atoms with Gasteiger partial charge in [0.25, 0.3) is 10.0 Å². The topological polar surface area (TPSA) is 84.7 Å². The molecular formula is C13H20N4O4S. The summed E-state index contributed by atoms with van der Waals surface area (Å²) < 4.78 is 33.8. The average molecular weight is 328 g/mol. The van der Waals surface area contributed by atoms with Gasteiger partial charge in [0, 0.05) is 39.8 Å². The molecule has 0 bridgehead atoms. The number of aryl methyl sites for hydroxylation is 1. The summed E-state index contributed by atoms with van der Waals surface area (Å²) in [6.07, 6.45) is 4.49. The second-order valence-electron chi connectivity index (χ2n) is 6.04. The van der Waals surface area contributed by atoms with Crippen molar-refractivity contribution in [3.8, 4) is 0 Å². The summed E-state index contributed by atoms with van der Waals surface area (Å²) in [6, 6.07) is 0. The summed E-state index contributed by atoms with van der Waals surface area (Å²) in [4.78, 5) is 17.1. The highest BCUT2D eigenvalue weighted by Gasteiger charge is 2.45. The van der Waals surface area contributed by atoms with E-state index in [0.717, 1.165) is 0 Å². The minimum atomic E-state index is -3.59. The fourth-order valence-electron chi connectivity index (χ4n) is 3.09. The monoisotopic (exact) mass is 328 g/mol. The van der Waals surface area contributed by atoms with E-state index in [0.29, 0.717) is 38.9 Å². The highest BCUT2D eigenvalue weighted by Crippen LogP contribution is 2.33. The van der Waals surface area contributed by atoms with Gasteiger partial charge in [0.1, 0.15) is 5.60 Å². The Morgan fingerprint density at radius 1 is 1.27 bits per heavy atom. The number of hydrogen-bond donors (Lipinski definition) is 0. The largest absolute Gasteiger partial charge is 0.441 e. The first-order valence-electron chi connectivity index (χ1n) is 7.25. The molecule has 9 heteroatoms. The lowest BCUT2D eigenvalue weighted by atomic mass is 9.95. The normalized spacial score (nSPS) is 27.2. The number of hydrogen-bond acceptors (Lipinski definition) is 5. The maximum atomic E-state index is 12.6. The lowest BCUT2D eigenvalue weighted by molar-refractivity contribution is 0.0460. The molecule has 2 fully saturated rings. The molecule has 0 aromatic carbocycles. The van der Waals surface area contributed by atoms with Gasteiger partial charge in [0.05, 0.1) is 12.9 Å². The van der Waals surface area contributed by atoms with Crippen molar-refractivity contribution >= 4 is 16.1 Å². The lowest BCUT2D eigenvalue weighted by Gasteiger charge is -2.25. The van der Waals surface area contributed by atoms with E-state index >= 15 is 0 Å². The van der Waals surface area contributed by atoms with Gasteiger partial charge in [0.2, 0.25) is 0 Å². The Morgan fingerprint density at radius 3 is 2.64 bits per heavy atom. The van der Waals surface area contributed by atoms with Crippen molar-refractivity contribution in [2.24, 2.45) is 7.05 Å². The number of imidazole rings is 1. The SMILES string of the molecule is CN1CC2(CCCN(S(=O)(=O)c3cn(C)cn3)CC2)OC1=O. The van der Waals surface area contributed by atoms with Crippen LogP contribution >= 0.6 is 0 Å². The van der Waals surface area contributed by atoms with Crippen molar-refractivity contribution in [2.45, 2.75) is 29.9 Å². The molecule has 1 unspecified atom stereocenters. The molecule has 2 aliphatic rings. The van der Waals surface area contributed by atoms with Gasteiger partial charge >= 0.3 is 6.09 Å². The van der Waals surface area contributed by atoms with Crippen LogP contribution in [0.15, 0.2) is 17.6 Å². The maximum absolute atomic E-state index is 12.6. The molecule has 1 aromatic heterocycles. The molecule has 3 rings (SSSR count). The number of nitrogens with zero attached hydrogens (tertiary/aromatic N) is 4. The van der Waals surface area contributed by atoms with Gasteiger partial charge in [-0.2, -0.15) is 4.31 Å². The molecule has 1 amide bonds. The smallest absolute Gasteiger partial charge is 0.410 e. The van der Waals surface area contributed by atoms with E-state index in [-0.39, 0.29) is 11.1 Å². The van der Waals surface area contributed by atoms with Gasteiger partial charge in [-0.15, -0.1) is 0 Å². The number of amides is 1. The van der Waals surface area contributed by atoms with Gasteiger partial charge in [-0.1, -0.05) is 0 Å². The zero-order valence-electron chi connectivity index (χ0n) is 12.7. The zero-order valence-corrected chi connectivity index (χ0v) is 13.5. The Bertz CT molecular complexity index is 686. The summed E-state index contributed by atoms with van der Waals surface area (Å²) >= 11 is 0. The number of carbonyl (C=O) groups excluding carboxylic acids is 1. The van der Waals surface area contributed by atoms with E-state index in [1.54, 1.807) is 23.6 Å². The molecular weight excluding hydrogens is 308 g/mol. The number of likely N-dealkylation sites (N-methyl/N-ethyl adjacent to an activating group) is 1. The van der Waals surface area contributed by atoms with Crippen LogP contribution in [0.25, 0.3) is 0 Å². The van der Waals surface area contributed by atoms with Crippen LogP contribution in [0.5, 0.6) is 0 Å². The molecule has 2 saturated heterocycles. The summed E-state index contributed by atoms with van der Waals surface area (Å²) in [5.41, 5.74) is -0.555. The lowest BCUT2D eigenvalue weighted by Crippen LogP contribution is -2.36. The van der Waals surface area contributed by atoms with Gasteiger partial charge in [-0.3, -0.25) is 0 Å². The van der Waals surface area contributed by atoms with E-state index in [9.17, 15) is 13.2 Å². The van der Waals surface area contributed by atoms with Crippen LogP contribution in [0.2, 0.25) is 0 Å². The van der Waals surface area contributed by atoms with Crippen LogP contribution in [0.3, 0.4) is 0 Å². The fraction of sp³-hybridized carbons (Fsp3) is 0.692. The Hall–Kier alpha value is -1.61. The first-order chi connectivity index (χ1) is 10.3. The van der Waals surface area contributed by atoms with Crippen molar-refractivity contribution in [1.82, 2.24) is 18.8 Å². The Kier molecular flexibility index (Phi) is 3.64. The van der Waals surface area contributed by atoms with Crippen LogP contribution in [0, 0.1) is 0 Å². The predicted molar refractivity (Wildman–Crippen MR) is 77.7 cm³/mol. The third-order valence-electron chi connectivity index (χ3n) is 4.28. The first kappa shape index (κ1) is 15.3. The highest BCUT2D eigenvalue weighted by atomic mass is 32.2. The van der Waals surface area contributed by atoms with Crippen molar-refractivity contribution < 1.29 is 17.9 Å². The minimum Gasteiger partial charge on any atom is -0.441 e. The van der Waals surface area contributed by atoms with Gasteiger partial charge in [-0.25, -0.2) is 18.2 Å². The van der Waals surface area contributed by atoms with E-state index in [1.165, 1.54) is 16.8 Å². The van der Waals surface area contributed by atoms with Crippen molar-refractivity contribution in [3.05, 3.63) is 12.5 Å².